The van der Waals surface area contributed by atoms with E-state index in [0.29, 0.717) is 41.3 Å². The number of carbonyl (C=O) groups is 3. The Morgan fingerprint density at radius 1 is 0.929 bits per heavy atom. The molecule has 3 amide bonds. The number of hydrogen-bond donors (Lipinski definition) is 2. The number of benzene rings is 3. The van der Waals surface area contributed by atoms with Crippen LogP contribution in [0.25, 0.3) is 0 Å². The minimum absolute atomic E-state index is 0.216. The molecule has 0 aliphatic carbocycles. The summed E-state index contributed by atoms with van der Waals surface area (Å²) in [6.45, 7) is 5.93. The number of carbonyl (C=O) groups excluding carboxylic acids is 3. The van der Waals surface area contributed by atoms with Gasteiger partial charge in [-0.3, -0.25) is 14.4 Å². The van der Waals surface area contributed by atoms with Gasteiger partial charge >= 0.3 is 0 Å². The van der Waals surface area contributed by atoms with Gasteiger partial charge in [-0.1, -0.05) is 29.8 Å². The summed E-state index contributed by atoms with van der Waals surface area (Å²) in [5.41, 5.74) is 9.51. The van der Waals surface area contributed by atoms with E-state index in [4.69, 9.17) is 10.5 Å². The first-order chi connectivity index (χ1) is 20.2. The van der Waals surface area contributed by atoms with Gasteiger partial charge in [0, 0.05) is 56.6 Å². The van der Waals surface area contributed by atoms with Crippen molar-refractivity contribution < 1.29 is 19.1 Å². The topological polar surface area (TPSA) is 108 Å². The molecule has 3 N–H and O–H groups in total. The molecule has 3 aromatic rings. The number of rotatable bonds is 11. The molecule has 0 bridgehead atoms. The summed E-state index contributed by atoms with van der Waals surface area (Å²) < 4.78 is 6.05. The Balaban J connectivity index is 1.29. The van der Waals surface area contributed by atoms with Gasteiger partial charge in [0.2, 0.25) is 5.91 Å². The third-order valence-electron chi connectivity index (χ3n) is 7.53. The van der Waals surface area contributed by atoms with Crippen molar-refractivity contribution in [2.24, 2.45) is 0 Å². The van der Waals surface area contributed by atoms with E-state index in [-0.39, 0.29) is 23.4 Å². The number of para-hydroxylation sites is 2. The molecule has 1 heterocycles. The van der Waals surface area contributed by atoms with Crippen LogP contribution in [0.5, 0.6) is 5.75 Å². The number of nitrogens with zero attached hydrogens (tertiary/aromatic N) is 3. The zero-order valence-corrected chi connectivity index (χ0v) is 24.8. The van der Waals surface area contributed by atoms with E-state index in [2.05, 4.69) is 17.3 Å². The highest BCUT2D eigenvalue weighted by Gasteiger charge is 2.21. The standard InChI is InChI=1S/C33H41N5O4/c1-24-12-15-26(16-13-24)35-32(40)25-14-17-27(28(34)23-25)33(41)37(3)29-9-6-7-10-30(29)42-22-8-4-5-11-31(39)38-20-18-36(2)19-21-38/h6-7,9-10,12-17,23H,4-5,8,11,18-22,34H2,1-3H3,(H,35,40). The van der Waals surface area contributed by atoms with E-state index in [1.165, 1.54) is 11.0 Å². The fourth-order valence-electron chi connectivity index (χ4n) is 4.84. The highest BCUT2D eigenvalue weighted by molar-refractivity contribution is 6.11. The van der Waals surface area contributed by atoms with Crippen molar-refractivity contribution >= 4 is 34.8 Å². The Hall–Kier alpha value is -4.37. The lowest BCUT2D eigenvalue weighted by molar-refractivity contribution is -0.132. The van der Waals surface area contributed by atoms with Crippen LogP contribution in [-0.4, -0.2) is 74.4 Å². The van der Waals surface area contributed by atoms with Crippen molar-refractivity contribution in [3.63, 3.8) is 0 Å². The summed E-state index contributed by atoms with van der Waals surface area (Å²) in [7, 11) is 3.75. The molecule has 0 aromatic heterocycles. The summed E-state index contributed by atoms with van der Waals surface area (Å²) in [5.74, 6) is 0.208. The molecule has 9 nitrogen and oxygen atoms in total. The number of likely N-dealkylation sites (N-methyl/N-ethyl adjacent to an activating group) is 1. The molecule has 42 heavy (non-hydrogen) atoms. The first-order valence-electron chi connectivity index (χ1n) is 14.5. The third kappa shape index (κ3) is 8.10. The Labute approximate surface area is 248 Å². The Kier molecular flexibility index (Phi) is 10.6. The highest BCUT2D eigenvalue weighted by Crippen LogP contribution is 2.29. The van der Waals surface area contributed by atoms with Crippen molar-refractivity contribution in [2.75, 3.05) is 62.8 Å². The zero-order chi connectivity index (χ0) is 30.1. The van der Waals surface area contributed by atoms with E-state index in [0.717, 1.165) is 51.0 Å². The van der Waals surface area contributed by atoms with Gasteiger partial charge in [0.15, 0.2) is 0 Å². The number of amides is 3. The van der Waals surface area contributed by atoms with Crippen LogP contribution < -0.4 is 20.7 Å². The maximum Gasteiger partial charge on any atom is 0.260 e. The van der Waals surface area contributed by atoms with Gasteiger partial charge in [-0.15, -0.1) is 0 Å². The van der Waals surface area contributed by atoms with Gasteiger partial charge in [-0.25, -0.2) is 0 Å². The predicted octanol–water partition coefficient (Wildman–Crippen LogP) is 4.82. The molecule has 0 spiro atoms. The SMILES string of the molecule is Cc1ccc(NC(=O)c2ccc(C(=O)N(C)c3ccccc3OCCCCCC(=O)N3CCN(C)CC3)c(N)c2)cc1. The monoisotopic (exact) mass is 571 g/mol. The van der Waals surface area contributed by atoms with Gasteiger partial charge in [0.25, 0.3) is 11.8 Å². The average Bonchev–Trinajstić information content (AvgIpc) is 2.99. The number of nitrogens with one attached hydrogen (secondary N) is 1. The largest absolute Gasteiger partial charge is 0.491 e. The predicted molar refractivity (Wildman–Crippen MR) is 167 cm³/mol. The lowest BCUT2D eigenvalue weighted by atomic mass is 10.1. The quantitative estimate of drug-likeness (QED) is 0.252. The fraction of sp³-hybridized carbons (Fsp3) is 0.364. The van der Waals surface area contributed by atoms with Gasteiger partial charge in [-0.05, 0) is 75.7 Å². The van der Waals surface area contributed by atoms with E-state index < -0.39 is 0 Å². The summed E-state index contributed by atoms with van der Waals surface area (Å²) in [6.07, 6.45) is 3.08. The highest BCUT2D eigenvalue weighted by atomic mass is 16.5. The molecule has 3 aromatic carbocycles. The summed E-state index contributed by atoms with van der Waals surface area (Å²) in [4.78, 5) is 44.2. The van der Waals surface area contributed by atoms with Crippen LogP contribution in [-0.2, 0) is 4.79 Å². The van der Waals surface area contributed by atoms with E-state index in [1.54, 1.807) is 19.2 Å². The number of unbranched alkanes of at least 4 members (excludes halogenated alkanes) is 2. The molecule has 9 heteroatoms. The normalized spacial score (nSPS) is 13.5. The zero-order valence-electron chi connectivity index (χ0n) is 24.8. The Bertz CT molecular complexity index is 1380. The molecule has 0 saturated carbocycles. The number of anilines is 3. The first kappa shape index (κ1) is 30.6. The molecule has 1 saturated heterocycles. The number of aryl methyl sites for hydroxylation is 1. The average molecular weight is 572 g/mol. The van der Waals surface area contributed by atoms with Crippen LogP contribution in [0.3, 0.4) is 0 Å². The fourth-order valence-corrected chi connectivity index (χ4v) is 4.84. The molecule has 0 unspecified atom stereocenters. The van der Waals surface area contributed by atoms with Crippen molar-refractivity contribution in [3.05, 3.63) is 83.4 Å². The van der Waals surface area contributed by atoms with Crippen LogP contribution in [0.2, 0.25) is 0 Å². The molecule has 1 aliphatic heterocycles. The maximum atomic E-state index is 13.4. The van der Waals surface area contributed by atoms with E-state index in [9.17, 15) is 14.4 Å². The van der Waals surface area contributed by atoms with Crippen molar-refractivity contribution in [3.8, 4) is 5.75 Å². The number of ether oxygens (including phenoxy) is 1. The number of nitrogens with two attached hydrogens (primary N) is 1. The van der Waals surface area contributed by atoms with Crippen LogP contribution in [0, 0.1) is 6.92 Å². The van der Waals surface area contributed by atoms with Gasteiger partial charge in [0.1, 0.15) is 5.75 Å². The minimum atomic E-state index is -0.309. The lowest BCUT2D eigenvalue weighted by Crippen LogP contribution is -2.47. The summed E-state index contributed by atoms with van der Waals surface area (Å²) >= 11 is 0. The van der Waals surface area contributed by atoms with Gasteiger partial charge in [0.05, 0.1) is 17.9 Å². The van der Waals surface area contributed by atoms with Crippen LogP contribution in [0.15, 0.2) is 66.7 Å². The second-order valence-electron chi connectivity index (χ2n) is 10.8. The molecule has 4 rings (SSSR count). The van der Waals surface area contributed by atoms with Crippen molar-refractivity contribution in [2.45, 2.75) is 32.6 Å². The Morgan fingerprint density at radius 2 is 1.64 bits per heavy atom. The second-order valence-corrected chi connectivity index (χ2v) is 10.8. The minimum Gasteiger partial charge on any atom is -0.491 e. The van der Waals surface area contributed by atoms with Gasteiger partial charge < -0.3 is 30.5 Å². The molecule has 222 valence electrons. The molecule has 0 radical (unpaired) electrons. The van der Waals surface area contributed by atoms with Gasteiger partial charge in [-0.2, -0.15) is 0 Å². The van der Waals surface area contributed by atoms with Crippen LogP contribution in [0.4, 0.5) is 17.1 Å². The van der Waals surface area contributed by atoms with E-state index in [1.807, 2.05) is 60.4 Å². The molecule has 0 atom stereocenters. The van der Waals surface area contributed by atoms with Crippen molar-refractivity contribution in [1.82, 2.24) is 9.80 Å². The third-order valence-corrected chi connectivity index (χ3v) is 7.53. The number of hydrogen-bond acceptors (Lipinski definition) is 6. The second kappa shape index (κ2) is 14.5. The number of piperazine rings is 1. The first-order valence-corrected chi connectivity index (χ1v) is 14.5. The molecular formula is C33H41N5O4. The van der Waals surface area contributed by atoms with Crippen LogP contribution >= 0.6 is 0 Å². The summed E-state index contributed by atoms with van der Waals surface area (Å²) in [5, 5.41) is 2.84. The van der Waals surface area contributed by atoms with Crippen molar-refractivity contribution in [1.29, 1.82) is 0 Å². The molecular weight excluding hydrogens is 530 g/mol. The summed E-state index contributed by atoms with van der Waals surface area (Å²) in [6, 6.07) is 19.5. The smallest absolute Gasteiger partial charge is 0.260 e. The Morgan fingerprint density at radius 3 is 2.36 bits per heavy atom. The molecule has 1 fully saturated rings. The lowest BCUT2D eigenvalue weighted by Gasteiger charge is -2.32. The number of nitrogen functional groups attached to an aromatic ring is 1. The maximum absolute atomic E-state index is 13.4. The molecule has 1 aliphatic rings. The van der Waals surface area contributed by atoms with Crippen LogP contribution in [0.1, 0.15) is 52.0 Å². The van der Waals surface area contributed by atoms with E-state index >= 15 is 0 Å².